The van der Waals surface area contributed by atoms with E-state index < -0.39 is 0 Å². The molecule has 0 radical (unpaired) electrons. The van der Waals surface area contributed by atoms with Crippen LogP contribution in [0, 0.1) is 13.8 Å². The van der Waals surface area contributed by atoms with Crippen LogP contribution in [0.4, 0.5) is 11.4 Å². The molecule has 12 heavy (non-hydrogen) atoms. The maximum absolute atomic E-state index is 5.63. The number of nitrogen functional groups attached to an aromatic ring is 2. The molecule has 0 atom stereocenters. The number of nitrogens with two attached hydrogens (primary N) is 2. The quantitative estimate of drug-likeness (QED) is 0.644. The Morgan fingerprint density at radius 1 is 0.833 bits per heavy atom. The number of benzene rings is 1. The molecule has 0 spiro atoms. The number of hydrogen-bond donors (Lipinski definition) is 2. The Labute approximate surface area is 85.1 Å². The fourth-order valence-corrected chi connectivity index (χ4v) is 0.861. The van der Waals surface area contributed by atoms with Gasteiger partial charge in [0.25, 0.3) is 0 Å². The van der Waals surface area contributed by atoms with Gasteiger partial charge in [0, 0.05) is 11.4 Å². The van der Waals surface area contributed by atoms with Crippen molar-refractivity contribution in [3.05, 3.63) is 23.3 Å². The van der Waals surface area contributed by atoms with Crippen molar-refractivity contribution in [1.29, 1.82) is 0 Å². The van der Waals surface area contributed by atoms with Gasteiger partial charge < -0.3 is 11.5 Å². The Kier molecular flexibility index (Phi) is 5.95. The first-order chi connectivity index (χ1) is 4.61. The fraction of sp³-hybridized carbons (Fsp3) is 0.250. The molecule has 0 heterocycles. The van der Waals surface area contributed by atoms with Crippen molar-refractivity contribution in [3.8, 4) is 0 Å². The molecule has 1 aromatic carbocycles. The summed E-state index contributed by atoms with van der Waals surface area (Å²) >= 11 is 0. The van der Waals surface area contributed by atoms with Crippen LogP contribution in [0.2, 0.25) is 0 Å². The van der Waals surface area contributed by atoms with Gasteiger partial charge in [0.15, 0.2) is 0 Å². The standard InChI is InChI=1S/C8H12N2.2ClH/c1-5-3-8(10)6(2)4-7(5)9;;/h3-4H,9-10H2,1-2H3;2*1H. The van der Waals surface area contributed by atoms with Crippen molar-refractivity contribution >= 4 is 36.2 Å². The van der Waals surface area contributed by atoms with Crippen molar-refractivity contribution in [2.75, 3.05) is 11.5 Å². The first-order valence-corrected chi connectivity index (χ1v) is 3.23. The zero-order valence-electron chi connectivity index (χ0n) is 7.13. The molecule has 0 amide bonds. The first kappa shape index (κ1) is 14.0. The lowest BCUT2D eigenvalue weighted by molar-refractivity contribution is 1.40. The minimum absolute atomic E-state index is 0. The Morgan fingerprint density at radius 3 is 1.33 bits per heavy atom. The number of rotatable bonds is 0. The molecule has 0 aromatic heterocycles. The van der Waals surface area contributed by atoms with Gasteiger partial charge >= 0.3 is 0 Å². The number of hydrogen-bond acceptors (Lipinski definition) is 2. The summed E-state index contributed by atoms with van der Waals surface area (Å²) in [5, 5.41) is 0. The Balaban J connectivity index is 0. The predicted molar refractivity (Wildman–Crippen MR) is 59.2 cm³/mol. The SMILES string of the molecule is Cc1cc(N)c(C)cc1N.Cl.Cl. The molecule has 0 aliphatic rings. The average Bonchev–Trinajstić information content (AvgIpc) is 1.84. The second-order valence-electron chi connectivity index (χ2n) is 2.57. The Morgan fingerprint density at radius 2 is 1.08 bits per heavy atom. The van der Waals surface area contributed by atoms with E-state index in [0.29, 0.717) is 0 Å². The highest BCUT2D eigenvalue weighted by Crippen LogP contribution is 2.18. The zero-order chi connectivity index (χ0) is 7.72. The highest BCUT2D eigenvalue weighted by molar-refractivity contribution is 5.85. The largest absolute Gasteiger partial charge is 0.399 e. The van der Waals surface area contributed by atoms with Crippen molar-refractivity contribution in [2.45, 2.75) is 13.8 Å². The van der Waals surface area contributed by atoms with E-state index in [9.17, 15) is 0 Å². The van der Waals surface area contributed by atoms with Crippen molar-refractivity contribution in [3.63, 3.8) is 0 Å². The van der Waals surface area contributed by atoms with E-state index in [1.165, 1.54) is 0 Å². The van der Waals surface area contributed by atoms with Crippen LogP contribution in [0.15, 0.2) is 12.1 Å². The fourth-order valence-electron chi connectivity index (χ4n) is 0.861. The van der Waals surface area contributed by atoms with E-state index in [4.69, 9.17) is 11.5 Å². The molecule has 0 bridgehead atoms. The van der Waals surface area contributed by atoms with E-state index in [0.717, 1.165) is 22.5 Å². The maximum atomic E-state index is 5.63. The highest BCUT2D eigenvalue weighted by Gasteiger charge is 1.96. The smallest absolute Gasteiger partial charge is 0.0347 e. The minimum Gasteiger partial charge on any atom is -0.399 e. The number of anilines is 2. The van der Waals surface area contributed by atoms with Crippen molar-refractivity contribution in [2.24, 2.45) is 0 Å². The summed E-state index contributed by atoms with van der Waals surface area (Å²) in [4.78, 5) is 0. The van der Waals surface area contributed by atoms with E-state index in [2.05, 4.69) is 0 Å². The molecule has 0 aliphatic carbocycles. The van der Waals surface area contributed by atoms with Gasteiger partial charge in [-0.05, 0) is 37.1 Å². The van der Waals surface area contributed by atoms with Gasteiger partial charge in [-0.2, -0.15) is 0 Å². The summed E-state index contributed by atoms with van der Waals surface area (Å²) < 4.78 is 0. The van der Waals surface area contributed by atoms with Gasteiger partial charge in [0.1, 0.15) is 0 Å². The molecule has 4 N–H and O–H groups in total. The van der Waals surface area contributed by atoms with Crippen LogP contribution in [-0.4, -0.2) is 0 Å². The highest BCUT2D eigenvalue weighted by atomic mass is 35.5. The normalized spacial score (nSPS) is 8.17. The van der Waals surface area contributed by atoms with Crippen LogP contribution >= 0.6 is 24.8 Å². The predicted octanol–water partition coefficient (Wildman–Crippen LogP) is 2.31. The lowest BCUT2D eigenvalue weighted by Gasteiger charge is -2.03. The van der Waals surface area contributed by atoms with Crippen LogP contribution in [0.1, 0.15) is 11.1 Å². The van der Waals surface area contributed by atoms with Gasteiger partial charge in [-0.25, -0.2) is 0 Å². The second kappa shape index (κ2) is 5.12. The molecule has 0 fully saturated rings. The van der Waals surface area contributed by atoms with Crippen LogP contribution in [-0.2, 0) is 0 Å². The lowest BCUT2D eigenvalue weighted by atomic mass is 10.1. The maximum Gasteiger partial charge on any atom is 0.0347 e. The zero-order valence-corrected chi connectivity index (χ0v) is 8.76. The van der Waals surface area contributed by atoms with Gasteiger partial charge in [0.05, 0.1) is 0 Å². The molecular formula is C8H14Cl2N2. The molecule has 0 saturated heterocycles. The monoisotopic (exact) mass is 208 g/mol. The molecule has 1 aromatic rings. The van der Waals surface area contributed by atoms with Gasteiger partial charge in [0.2, 0.25) is 0 Å². The third-order valence-electron chi connectivity index (χ3n) is 1.65. The number of aryl methyl sites for hydroxylation is 2. The van der Waals surface area contributed by atoms with Crippen LogP contribution in [0.25, 0.3) is 0 Å². The van der Waals surface area contributed by atoms with Crippen LogP contribution in [0.5, 0.6) is 0 Å². The molecule has 0 aliphatic heterocycles. The van der Waals surface area contributed by atoms with Crippen LogP contribution in [0.3, 0.4) is 0 Å². The van der Waals surface area contributed by atoms with Gasteiger partial charge in [-0.3, -0.25) is 0 Å². The molecule has 2 nitrogen and oxygen atoms in total. The molecule has 0 saturated carbocycles. The van der Waals surface area contributed by atoms with E-state index in [1.54, 1.807) is 0 Å². The molecular weight excluding hydrogens is 195 g/mol. The summed E-state index contributed by atoms with van der Waals surface area (Å²) in [7, 11) is 0. The third kappa shape index (κ3) is 2.80. The van der Waals surface area contributed by atoms with Crippen molar-refractivity contribution < 1.29 is 0 Å². The third-order valence-corrected chi connectivity index (χ3v) is 1.65. The number of halogens is 2. The molecule has 1 rings (SSSR count). The van der Waals surface area contributed by atoms with Crippen molar-refractivity contribution in [1.82, 2.24) is 0 Å². The summed E-state index contributed by atoms with van der Waals surface area (Å²) in [5.41, 5.74) is 15.0. The van der Waals surface area contributed by atoms with E-state index >= 15 is 0 Å². The summed E-state index contributed by atoms with van der Waals surface area (Å²) in [6.45, 7) is 3.90. The summed E-state index contributed by atoms with van der Waals surface area (Å²) in [6, 6.07) is 3.79. The summed E-state index contributed by atoms with van der Waals surface area (Å²) in [6.07, 6.45) is 0. The topological polar surface area (TPSA) is 52.0 Å². The second-order valence-corrected chi connectivity index (χ2v) is 2.57. The molecule has 70 valence electrons. The Hall–Kier alpha value is -0.600. The minimum atomic E-state index is 0. The van der Waals surface area contributed by atoms with Gasteiger partial charge in [-0.1, -0.05) is 0 Å². The molecule has 4 heteroatoms. The lowest BCUT2D eigenvalue weighted by Crippen LogP contribution is -1.95. The van der Waals surface area contributed by atoms with E-state index in [1.807, 2.05) is 26.0 Å². The Bertz CT molecular complexity index is 211. The molecule has 0 unspecified atom stereocenters. The summed E-state index contributed by atoms with van der Waals surface area (Å²) in [5.74, 6) is 0. The van der Waals surface area contributed by atoms with E-state index in [-0.39, 0.29) is 24.8 Å². The van der Waals surface area contributed by atoms with Gasteiger partial charge in [-0.15, -0.1) is 24.8 Å². The van der Waals surface area contributed by atoms with Crippen LogP contribution < -0.4 is 11.5 Å². The average molecular weight is 209 g/mol. The first-order valence-electron chi connectivity index (χ1n) is 3.23.